The molecule has 3 N–H and O–H groups in total. The lowest BCUT2D eigenvalue weighted by atomic mass is 9.86. The first-order valence-electron chi connectivity index (χ1n) is 6.81. The van der Waals surface area contributed by atoms with Gasteiger partial charge in [0.15, 0.2) is 0 Å². The lowest BCUT2D eigenvalue weighted by Gasteiger charge is -2.30. The highest BCUT2D eigenvalue weighted by molar-refractivity contribution is 4.78. The van der Waals surface area contributed by atoms with Crippen LogP contribution in [0.5, 0.6) is 0 Å². The predicted molar refractivity (Wildman–Crippen MR) is 73.1 cm³/mol. The van der Waals surface area contributed by atoms with Crippen LogP contribution >= 0.6 is 0 Å². The van der Waals surface area contributed by atoms with Gasteiger partial charge in [-0.2, -0.15) is 0 Å². The normalized spacial score (nSPS) is 13.1. The highest BCUT2D eigenvalue weighted by atomic mass is 16.3. The predicted octanol–water partition coefficient (Wildman–Crippen LogP) is 2.17. The molecule has 0 saturated carbocycles. The van der Waals surface area contributed by atoms with Crippen LogP contribution in [0.4, 0.5) is 0 Å². The minimum absolute atomic E-state index is 0.0206. The lowest BCUT2D eigenvalue weighted by Crippen LogP contribution is -2.41. The smallest absolute Gasteiger partial charge is 0.0518 e. The van der Waals surface area contributed by atoms with Crippen molar-refractivity contribution in [2.24, 2.45) is 10.8 Å². The quantitative estimate of drug-likeness (QED) is 0.517. The number of hydrogen-bond acceptors (Lipinski definition) is 3. The summed E-state index contributed by atoms with van der Waals surface area (Å²) < 4.78 is 0. The van der Waals surface area contributed by atoms with Gasteiger partial charge >= 0.3 is 0 Å². The van der Waals surface area contributed by atoms with Crippen LogP contribution in [-0.2, 0) is 0 Å². The van der Waals surface area contributed by atoms with Crippen LogP contribution < -0.4 is 5.32 Å². The zero-order valence-corrected chi connectivity index (χ0v) is 12.1. The van der Waals surface area contributed by atoms with Crippen molar-refractivity contribution >= 4 is 0 Å². The summed E-state index contributed by atoms with van der Waals surface area (Å²) in [4.78, 5) is 0. The molecule has 0 atom stereocenters. The van der Waals surface area contributed by atoms with E-state index in [1.807, 2.05) is 6.92 Å². The molecule has 104 valence electrons. The molecular weight excluding hydrogens is 214 g/mol. The molecule has 0 bridgehead atoms. The second-order valence-electron chi connectivity index (χ2n) is 6.35. The van der Waals surface area contributed by atoms with Crippen molar-refractivity contribution in [2.75, 3.05) is 26.3 Å². The highest BCUT2D eigenvalue weighted by Crippen LogP contribution is 2.23. The van der Waals surface area contributed by atoms with Crippen LogP contribution in [0.1, 0.15) is 53.4 Å². The third-order valence-corrected chi connectivity index (χ3v) is 3.38. The maximum absolute atomic E-state index is 9.19. The van der Waals surface area contributed by atoms with Gasteiger partial charge in [-0.15, -0.1) is 0 Å². The third-order valence-electron chi connectivity index (χ3n) is 3.38. The minimum atomic E-state index is -0.403. The summed E-state index contributed by atoms with van der Waals surface area (Å²) >= 11 is 0. The first-order chi connectivity index (χ1) is 7.89. The monoisotopic (exact) mass is 245 g/mol. The number of unbranched alkanes of at least 4 members (excludes halogenated alkanes) is 2. The van der Waals surface area contributed by atoms with Crippen molar-refractivity contribution in [2.45, 2.75) is 53.4 Å². The maximum Gasteiger partial charge on any atom is 0.0518 e. The van der Waals surface area contributed by atoms with Crippen molar-refractivity contribution in [3.05, 3.63) is 0 Å². The fraction of sp³-hybridized carbons (Fsp3) is 1.00. The molecule has 0 aliphatic carbocycles. The summed E-state index contributed by atoms with van der Waals surface area (Å²) in [6.45, 7) is 10.3. The molecule has 0 aromatic rings. The minimum Gasteiger partial charge on any atom is -0.396 e. The van der Waals surface area contributed by atoms with Gasteiger partial charge in [-0.3, -0.25) is 0 Å². The van der Waals surface area contributed by atoms with E-state index in [4.69, 9.17) is 0 Å². The van der Waals surface area contributed by atoms with Gasteiger partial charge in [0.2, 0.25) is 0 Å². The van der Waals surface area contributed by atoms with Crippen molar-refractivity contribution in [3.8, 4) is 0 Å². The van der Waals surface area contributed by atoms with Gasteiger partial charge < -0.3 is 15.5 Å². The van der Waals surface area contributed by atoms with E-state index in [1.54, 1.807) is 0 Å². The van der Waals surface area contributed by atoms with Gasteiger partial charge in [-0.1, -0.05) is 47.0 Å². The standard InChI is InChI=1S/C14H31NO2/c1-5-6-7-8-13(2,3)9-15-10-14(4,11-16)12-17/h15-17H,5-12H2,1-4H3. The molecule has 0 spiro atoms. The molecule has 0 fully saturated rings. The average Bonchev–Trinajstić information content (AvgIpc) is 2.28. The number of nitrogens with one attached hydrogen (secondary N) is 1. The summed E-state index contributed by atoms with van der Waals surface area (Å²) in [5, 5.41) is 21.8. The number of hydrogen-bond donors (Lipinski definition) is 3. The van der Waals surface area contributed by atoms with Gasteiger partial charge in [0.05, 0.1) is 13.2 Å². The highest BCUT2D eigenvalue weighted by Gasteiger charge is 2.24. The second-order valence-corrected chi connectivity index (χ2v) is 6.35. The fourth-order valence-corrected chi connectivity index (χ4v) is 1.81. The second kappa shape index (κ2) is 8.06. The van der Waals surface area contributed by atoms with Crippen LogP contribution in [0.2, 0.25) is 0 Å². The van der Waals surface area contributed by atoms with E-state index in [0.717, 1.165) is 6.54 Å². The van der Waals surface area contributed by atoms with Gasteiger partial charge in [0.25, 0.3) is 0 Å². The van der Waals surface area contributed by atoms with Crippen molar-refractivity contribution in [1.82, 2.24) is 5.32 Å². The molecule has 0 aromatic carbocycles. The average molecular weight is 245 g/mol. The van der Waals surface area contributed by atoms with E-state index >= 15 is 0 Å². The Kier molecular flexibility index (Phi) is 8.01. The summed E-state index contributed by atoms with van der Waals surface area (Å²) in [5.41, 5.74) is -0.111. The van der Waals surface area contributed by atoms with Crippen LogP contribution in [0, 0.1) is 10.8 Å². The van der Waals surface area contributed by atoms with E-state index in [1.165, 1.54) is 25.7 Å². The third kappa shape index (κ3) is 7.74. The Morgan fingerprint density at radius 3 is 2.00 bits per heavy atom. The number of aliphatic hydroxyl groups is 2. The van der Waals surface area contributed by atoms with Gasteiger partial charge in [0.1, 0.15) is 0 Å². The first-order valence-corrected chi connectivity index (χ1v) is 6.81. The van der Waals surface area contributed by atoms with Gasteiger partial charge in [-0.25, -0.2) is 0 Å². The van der Waals surface area contributed by atoms with Crippen molar-refractivity contribution in [1.29, 1.82) is 0 Å². The molecular formula is C14H31NO2. The summed E-state index contributed by atoms with van der Waals surface area (Å²) in [6, 6.07) is 0. The Hall–Kier alpha value is -0.120. The van der Waals surface area contributed by atoms with Crippen LogP contribution in [0.25, 0.3) is 0 Å². The zero-order chi connectivity index (χ0) is 13.4. The molecule has 0 aromatic heterocycles. The molecule has 0 rings (SSSR count). The van der Waals surface area contributed by atoms with E-state index in [-0.39, 0.29) is 13.2 Å². The van der Waals surface area contributed by atoms with Crippen molar-refractivity contribution in [3.63, 3.8) is 0 Å². The van der Waals surface area contributed by atoms with Gasteiger partial charge in [-0.05, 0) is 11.8 Å². The maximum atomic E-state index is 9.19. The fourth-order valence-electron chi connectivity index (χ4n) is 1.81. The molecule has 0 radical (unpaired) electrons. The molecule has 0 aliphatic rings. The topological polar surface area (TPSA) is 52.5 Å². The first kappa shape index (κ1) is 16.9. The van der Waals surface area contributed by atoms with Crippen LogP contribution in [-0.4, -0.2) is 36.5 Å². The number of rotatable bonds is 10. The van der Waals surface area contributed by atoms with E-state index in [9.17, 15) is 10.2 Å². The Morgan fingerprint density at radius 1 is 0.941 bits per heavy atom. The zero-order valence-electron chi connectivity index (χ0n) is 12.1. The van der Waals surface area contributed by atoms with Crippen molar-refractivity contribution < 1.29 is 10.2 Å². The molecule has 0 unspecified atom stereocenters. The molecule has 0 heterocycles. The molecule has 3 heteroatoms. The summed E-state index contributed by atoms with van der Waals surface area (Å²) in [5.74, 6) is 0. The molecule has 0 saturated heterocycles. The lowest BCUT2D eigenvalue weighted by molar-refractivity contribution is 0.0672. The number of aliphatic hydroxyl groups excluding tert-OH is 2. The van der Waals surface area contributed by atoms with E-state index < -0.39 is 5.41 Å². The summed E-state index contributed by atoms with van der Waals surface area (Å²) in [7, 11) is 0. The van der Waals surface area contributed by atoms with Crippen LogP contribution in [0.15, 0.2) is 0 Å². The van der Waals surface area contributed by atoms with E-state index in [0.29, 0.717) is 12.0 Å². The molecule has 17 heavy (non-hydrogen) atoms. The van der Waals surface area contributed by atoms with Crippen LogP contribution in [0.3, 0.4) is 0 Å². The Bertz CT molecular complexity index is 189. The Balaban J connectivity index is 3.85. The Morgan fingerprint density at radius 2 is 1.53 bits per heavy atom. The Labute approximate surface area is 107 Å². The molecule has 3 nitrogen and oxygen atoms in total. The summed E-state index contributed by atoms with van der Waals surface area (Å²) in [6.07, 6.45) is 5.07. The van der Waals surface area contributed by atoms with E-state index in [2.05, 4.69) is 26.1 Å². The molecule has 0 aliphatic heterocycles. The largest absolute Gasteiger partial charge is 0.396 e. The van der Waals surface area contributed by atoms with Gasteiger partial charge in [0, 0.05) is 18.5 Å². The molecule has 0 amide bonds. The SMILES string of the molecule is CCCCCC(C)(C)CNCC(C)(CO)CO.